The lowest BCUT2D eigenvalue weighted by Gasteiger charge is -2.09. The van der Waals surface area contributed by atoms with Gasteiger partial charge in [0.05, 0.1) is 0 Å². The van der Waals surface area contributed by atoms with E-state index in [1.165, 1.54) is 30.3 Å². The van der Waals surface area contributed by atoms with Crippen molar-refractivity contribution in [2.45, 2.75) is 6.92 Å². The van der Waals surface area contributed by atoms with Crippen LogP contribution < -0.4 is 0 Å². The summed E-state index contributed by atoms with van der Waals surface area (Å²) >= 11 is 5.72. The Balaban J connectivity index is 2.05. The Hall–Kier alpha value is -2.26. The summed E-state index contributed by atoms with van der Waals surface area (Å²) in [6.45, 7) is 1.64. The van der Waals surface area contributed by atoms with Crippen molar-refractivity contribution in [1.29, 1.82) is 0 Å². The van der Waals surface area contributed by atoms with E-state index < -0.39 is 17.5 Å². The highest BCUT2D eigenvalue weighted by molar-refractivity contribution is 6.30. The van der Waals surface area contributed by atoms with Crippen molar-refractivity contribution in [3.05, 3.63) is 82.6 Å². The van der Waals surface area contributed by atoms with E-state index in [1.54, 1.807) is 31.2 Å². The van der Waals surface area contributed by atoms with E-state index in [0.717, 1.165) is 0 Å². The fourth-order valence-electron chi connectivity index (χ4n) is 2.40. The molecule has 4 heteroatoms. The third-order valence-corrected chi connectivity index (χ3v) is 3.93. The van der Waals surface area contributed by atoms with Crippen molar-refractivity contribution in [2.24, 2.45) is 0 Å². The molecule has 0 aliphatic carbocycles. The molecule has 0 N–H and O–H groups in total. The van der Waals surface area contributed by atoms with Crippen LogP contribution in [-0.2, 0) is 0 Å². The van der Waals surface area contributed by atoms with Gasteiger partial charge >= 0.3 is 0 Å². The highest BCUT2D eigenvalue weighted by atomic mass is 35.5. The second kappa shape index (κ2) is 6.09. The molecule has 0 atom stereocenters. The summed E-state index contributed by atoms with van der Waals surface area (Å²) in [7, 11) is 0. The summed E-state index contributed by atoms with van der Waals surface area (Å²) < 4.78 is 42.0. The van der Waals surface area contributed by atoms with Gasteiger partial charge in [0.15, 0.2) is 0 Å². The predicted molar refractivity (Wildman–Crippen MR) is 86.9 cm³/mol. The van der Waals surface area contributed by atoms with Crippen LogP contribution in [0.15, 0.2) is 54.6 Å². The largest absolute Gasteiger partial charge is 0.207 e. The highest BCUT2D eigenvalue weighted by Crippen LogP contribution is 2.31. The normalized spacial score (nSPS) is 10.8. The molecule has 0 aliphatic heterocycles. The maximum Gasteiger partial charge on any atom is 0.132 e. The lowest BCUT2D eigenvalue weighted by Crippen LogP contribution is -1.90. The maximum absolute atomic E-state index is 14.4. The van der Waals surface area contributed by atoms with Crippen LogP contribution in [0.5, 0.6) is 0 Å². The van der Waals surface area contributed by atoms with Gasteiger partial charge in [-0.25, -0.2) is 13.2 Å². The molecular formula is C19H12ClF3. The van der Waals surface area contributed by atoms with Gasteiger partial charge in [-0.1, -0.05) is 35.9 Å². The van der Waals surface area contributed by atoms with Crippen LogP contribution >= 0.6 is 11.6 Å². The smallest absolute Gasteiger partial charge is 0.132 e. The first-order valence-electron chi connectivity index (χ1n) is 6.97. The zero-order chi connectivity index (χ0) is 16.6. The Morgan fingerprint density at radius 1 is 0.652 bits per heavy atom. The van der Waals surface area contributed by atoms with E-state index in [-0.39, 0.29) is 16.1 Å². The van der Waals surface area contributed by atoms with Crippen molar-refractivity contribution in [2.75, 3.05) is 0 Å². The molecular weight excluding hydrogens is 321 g/mol. The van der Waals surface area contributed by atoms with E-state index in [2.05, 4.69) is 0 Å². The molecule has 0 amide bonds. The van der Waals surface area contributed by atoms with Crippen LogP contribution in [-0.4, -0.2) is 0 Å². The van der Waals surface area contributed by atoms with Crippen molar-refractivity contribution >= 4 is 11.6 Å². The van der Waals surface area contributed by atoms with E-state index in [0.29, 0.717) is 16.7 Å². The second-order valence-corrected chi connectivity index (χ2v) is 5.72. The molecule has 0 aromatic heterocycles. The van der Waals surface area contributed by atoms with Gasteiger partial charge in [-0.15, -0.1) is 0 Å². The lowest BCUT2D eigenvalue weighted by atomic mass is 9.98. The monoisotopic (exact) mass is 332 g/mol. The molecule has 0 heterocycles. The average molecular weight is 333 g/mol. The Labute approximate surface area is 137 Å². The minimum absolute atomic E-state index is 0.259. The first-order chi connectivity index (χ1) is 11.0. The van der Waals surface area contributed by atoms with Crippen LogP contribution in [0.3, 0.4) is 0 Å². The fourth-order valence-corrected chi connectivity index (χ4v) is 2.56. The Bertz CT molecular complexity index is 888. The summed E-state index contributed by atoms with van der Waals surface area (Å²) in [5.74, 6) is -1.46. The van der Waals surface area contributed by atoms with Crippen molar-refractivity contribution in [3.63, 3.8) is 0 Å². The number of halogens is 4. The molecule has 0 saturated heterocycles. The standard InChI is InChI=1S/C19H12ClF3/c1-11-2-3-12(8-17(11)21)15-6-4-13(9-18(15)22)16-7-5-14(20)10-19(16)23/h2-10H,1H3. The predicted octanol–water partition coefficient (Wildman–Crippen LogP) is 6.40. The summed E-state index contributed by atoms with van der Waals surface area (Å²) in [4.78, 5) is 0. The van der Waals surface area contributed by atoms with E-state index in [1.807, 2.05) is 0 Å². The average Bonchev–Trinajstić information content (AvgIpc) is 2.50. The molecule has 23 heavy (non-hydrogen) atoms. The first-order valence-corrected chi connectivity index (χ1v) is 7.35. The molecule has 0 unspecified atom stereocenters. The Morgan fingerprint density at radius 3 is 1.74 bits per heavy atom. The summed E-state index contributed by atoms with van der Waals surface area (Å²) in [5, 5.41) is 0.276. The van der Waals surface area contributed by atoms with Crippen molar-refractivity contribution in [1.82, 2.24) is 0 Å². The number of hydrogen-bond acceptors (Lipinski definition) is 0. The van der Waals surface area contributed by atoms with Crippen LogP contribution in [0, 0.1) is 24.4 Å². The minimum Gasteiger partial charge on any atom is -0.207 e. The zero-order valence-corrected chi connectivity index (χ0v) is 13.0. The molecule has 0 radical (unpaired) electrons. The molecule has 0 aliphatic rings. The van der Waals surface area contributed by atoms with E-state index in [9.17, 15) is 13.2 Å². The van der Waals surface area contributed by atoms with Gasteiger partial charge in [-0.05, 0) is 53.9 Å². The second-order valence-electron chi connectivity index (χ2n) is 5.28. The zero-order valence-electron chi connectivity index (χ0n) is 12.2. The molecule has 3 aromatic carbocycles. The number of aryl methyl sites for hydroxylation is 1. The van der Waals surface area contributed by atoms with Crippen molar-refractivity contribution in [3.8, 4) is 22.3 Å². The SMILES string of the molecule is Cc1ccc(-c2ccc(-c3ccc(Cl)cc3F)cc2F)cc1F. The molecule has 3 aromatic rings. The van der Waals surface area contributed by atoms with Crippen LogP contribution in [0.1, 0.15) is 5.56 Å². The van der Waals surface area contributed by atoms with Gasteiger partial charge in [0.1, 0.15) is 17.5 Å². The summed E-state index contributed by atoms with van der Waals surface area (Å²) in [5.41, 5.74) is 1.85. The van der Waals surface area contributed by atoms with Gasteiger partial charge in [-0.3, -0.25) is 0 Å². The topological polar surface area (TPSA) is 0 Å². The molecule has 3 rings (SSSR count). The maximum atomic E-state index is 14.4. The number of rotatable bonds is 2. The van der Waals surface area contributed by atoms with E-state index in [4.69, 9.17) is 11.6 Å². The van der Waals surface area contributed by atoms with Gasteiger partial charge in [0.2, 0.25) is 0 Å². The molecule has 0 fully saturated rings. The fraction of sp³-hybridized carbons (Fsp3) is 0.0526. The number of hydrogen-bond donors (Lipinski definition) is 0. The Kier molecular flexibility index (Phi) is 4.14. The Morgan fingerprint density at radius 2 is 1.17 bits per heavy atom. The van der Waals surface area contributed by atoms with Crippen LogP contribution in [0.4, 0.5) is 13.2 Å². The molecule has 0 saturated carbocycles. The quantitative estimate of drug-likeness (QED) is 0.509. The van der Waals surface area contributed by atoms with Crippen LogP contribution in [0.2, 0.25) is 5.02 Å². The number of benzene rings is 3. The molecule has 0 bridgehead atoms. The minimum atomic E-state index is -0.542. The third-order valence-electron chi connectivity index (χ3n) is 3.69. The van der Waals surface area contributed by atoms with Gasteiger partial charge < -0.3 is 0 Å². The summed E-state index contributed by atoms with van der Waals surface area (Å²) in [6.07, 6.45) is 0. The first kappa shape index (κ1) is 15.6. The molecule has 0 nitrogen and oxygen atoms in total. The van der Waals surface area contributed by atoms with Gasteiger partial charge in [0, 0.05) is 16.1 Å². The lowest BCUT2D eigenvalue weighted by molar-refractivity contribution is 0.617. The summed E-state index contributed by atoms with van der Waals surface area (Å²) in [6, 6.07) is 13.1. The van der Waals surface area contributed by atoms with E-state index >= 15 is 0 Å². The van der Waals surface area contributed by atoms with Crippen LogP contribution in [0.25, 0.3) is 22.3 Å². The highest BCUT2D eigenvalue weighted by Gasteiger charge is 2.11. The molecule has 0 spiro atoms. The van der Waals surface area contributed by atoms with Gasteiger partial charge in [0.25, 0.3) is 0 Å². The van der Waals surface area contributed by atoms with Gasteiger partial charge in [-0.2, -0.15) is 0 Å². The molecule has 116 valence electrons. The van der Waals surface area contributed by atoms with Crippen molar-refractivity contribution < 1.29 is 13.2 Å². The third kappa shape index (κ3) is 3.10.